The van der Waals surface area contributed by atoms with Crippen molar-refractivity contribution in [1.29, 1.82) is 0 Å². The number of hydrogen-bond donors (Lipinski definition) is 0. The van der Waals surface area contributed by atoms with Gasteiger partial charge in [-0.3, -0.25) is 0 Å². The average Bonchev–Trinajstić information content (AvgIpc) is 3.21. The normalized spacial score (nSPS) is 11.6. The van der Waals surface area contributed by atoms with Gasteiger partial charge < -0.3 is 0 Å². The third kappa shape index (κ3) is 5.49. The van der Waals surface area contributed by atoms with Crippen molar-refractivity contribution in [2.24, 2.45) is 0 Å². The van der Waals surface area contributed by atoms with Gasteiger partial charge in [0.1, 0.15) is 0 Å². The van der Waals surface area contributed by atoms with Crippen molar-refractivity contribution >= 4 is 57.6 Å². The maximum Gasteiger partial charge on any atom is 0.179 e. The Balaban J connectivity index is 1.31. The van der Waals surface area contributed by atoms with E-state index in [-0.39, 0.29) is 0 Å². The minimum atomic E-state index is -2.63. The van der Waals surface area contributed by atoms with Crippen LogP contribution in [0.3, 0.4) is 0 Å². The van der Waals surface area contributed by atoms with Crippen molar-refractivity contribution in [1.82, 2.24) is 0 Å². The van der Waals surface area contributed by atoms with E-state index < -0.39 is 16.1 Å². The zero-order valence-corrected chi connectivity index (χ0v) is 29.9. The predicted octanol–water partition coefficient (Wildman–Crippen LogP) is 6.11. The van der Waals surface area contributed by atoms with E-state index in [0.29, 0.717) is 0 Å². The Hall–Kier alpha value is -5.81. The molecule has 0 heterocycles. The third-order valence-corrected chi connectivity index (χ3v) is 19.8. The molecule has 0 saturated carbocycles. The van der Waals surface area contributed by atoms with Gasteiger partial charge in [-0.2, -0.15) is 0 Å². The number of benzene rings is 8. The second-order valence-electron chi connectivity index (χ2n) is 12.9. The van der Waals surface area contributed by atoms with Crippen LogP contribution in [-0.4, -0.2) is 16.1 Å². The maximum atomic E-state index is 2.46. The van der Waals surface area contributed by atoms with Crippen LogP contribution in [0.2, 0.25) is 0 Å². The first kappa shape index (κ1) is 31.5. The second-order valence-corrected chi connectivity index (χ2v) is 20.5. The minimum Gasteiger partial charge on any atom is -0.0623 e. The van der Waals surface area contributed by atoms with Crippen molar-refractivity contribution in [2.45, 2.75) is 0 Å². The lowest BCUT2D eigenvalue weighted by Crippen LogP contribution is -2.74. The molecule has 50 heavy (non-hydrogen) atoms. The molecule has 0 aromatic heterocycles. The summed E-state index contributed by atoms with van der Waals surface area (Å²) in [4.78, 5) is 0. The first-order chi connectivity index (χ1) is 24.8. The lowest BCUT2D eigenvalue weighted by atomic mass is 10.1. The first-order valence-electron chi connectivity index (χ1n) is 17.4. The quantitative estimate of drug-likeness (QED) is 0.129. The van der Waals surface area contributed by atoms with E-state index in [2.05, 4.69) is 231 Å². The Morgan fingerprint density at radius 2 is 0.440 bits per heavy atom. The van der Waals surface area contributed by atoms with Gasteiger partial charge in [0.2, 0.25) is 0 Å². The molecule has 0 fully saturated rings. The molecule has 2 heteroatoms. The Bertz CT molecular complexity index is 2080. The van der Waals surface area contributed by atoms with Crippen molar-refractivity contribution in [3.63, 3.8) is 0 Å². The van der Waals surface area contributed by atoms with Crippen LogP contribution in [0.1, 0.15) is 0 Å². The van der Waals surface area contributed by atoms with E-state index >= 15 is 0 Å². The summed E-state index contributed by atoms with van der Waals surface area (Å²) < 4.78 is 0. The highest BCUT2D eigenvalue weighted by molar-refractivity contribution is 7.20. The smallest absolute Gasteiger partial charge is 0.0623 e. The molecular weight excluding hydrogens is 633 g/mol. The van der Waals surface area contributed by atoms with Gasteiger partial charge in [0, 0.05) is 0 Å². The molecule has 0 nitrogen and oxygen atoms in total. The van der Waals surface area contributed by atoms with Gasteiger partial charge in [-0.05, 0) is 52.6 Å². The van der Waals surface area contributed by atoms with Gasteiger partial charge in [0.25, 0.3) is 0 Å². The van der Waals surface area contributed by atoms with E-state index in [0.717, 1.165) is 0 Å². The van der Waals surface area contributed by atoms with Crippen molar-refractivity contribution < 1.29 is 0 Å². The third-order valence-electron chi connectivity index (χ3n) is 10.2. The largest absolute Gasteiger partial charge is 0.179 e. The monoisotopic (exact) mass is 670 g/mol. The average molecular weight is 671 g/mol. The summed E-state index contributed by atoms with van der Waals surface area (Å²) in [5.41, 5.74) is 2.46. The van der Waals surface area contributed by atoms with Crippen LogP contribution < -0.4 is 41.5 Å². The molecule has 0 aliphatic rings. The van der Waals surface area contributed by atoms with Crippen LogP contribution in [0.4, 0.5) is 0 Å². The molecule has 0 radical (unpaired) electrons. The van der Waals surface area contributed by atoms with Crippen molar-refractivity contribution in [2.75, 3.05) is 0 Å². The van der Waals surface area contributed by atoms with Gasteiger partial charge in [-0.25, -0.2) is 0 Å². The summed E-state index contributed by atoms with van der Waals surface area (Å²) in [6.07, 6.45) is 0. The fraction of sp³-hybridized carbons (Fsp3) is 0. The zero-order valence-electron chi connectivity index (χ0n) is 27.9. The van der Waals surface area contributed by atoms with Crippen LogP contribution in [0, 0.1) is 0 Å². The van der Waals surface area contributed by atoms with Gasteiger partial charge in [0.15, 0.2) is 16.1 Å². The fourth-order valence-corrected chi connectivity index (χ4v) is 17.5. The highest BCUT2D eigenvalue weighted by atomic mass is 28.3. The summed E-state index contributed by atoms with van der Waals surface area (Å²) in [6, 6.07) is 85.7. The Kier molecular flexibility index (Phi) is 8.79. The topological polar surface area (TPSA) is 0 Å². The maximum absolute atomic E-state index is 2.63. The van der Waals surface area contributed by atoms with Gasteiger partial charge >= 0.3 is 0 Å². The van der Waals surface area contributed by atoms with Crippen LogP contribution in [-0.2, 0) is 0 Å². The SMILES string of the molecule is c1ccc([Si](c2ccccc2)(c2ccccc2)c2ccc(-c3cccc([Si](c4ccccc4)(c4ccccc4)c4ccccc4)c3)cc2)cc1. The molecule has 0 aliphatic carbocycles. The molecule has 8 rings (SSSR count). The Labute approximate surface area is 298 Å². The number of hydrogen-bond acceptors (Lipinski definition) is 0. The summed E-state index contributed by atoms with van der Waals surface area (Å²) in [5.74, 6) is 0. The summed E-state index contributed by atoms with van der Waals surface area (Å²) in [6.45, 7) is 0. The summed E-state index contributed by atoms with van der Waals surface area (Å²) in [5, 5.41) is 11.1. The molecule has 8 aromatic rings. The van der Waals surface area contributed by atoms with E-state index in [1.165, 1.54) is 52.6 Å². The molecule has 0 atom stereocenters. The van der Waals surface area contributed by atoms with E-state index in [9.17, 15) is 0 Å². The molecule has 0 saturated heterocycles. The lowest BCUT2D eigenvalue weighted by molar-refractivity contribution is 1.62. The fourth-order valence-electron chi connectivity index (χ4n) is 7.97. The van der Waals surface area contributed by atoms with Crippen LogP contribution in [0.5, 0.6) is 0 Å². The van der Waals surface area contributed by atoms with Crippen LogP contribution in [0.25, 0.3) is 11.1 Å². The molecule has 0 N–H and O–H groups in total. The molecule has 0 spiro atoms. The second kappa shape index (κ2) is 14.0. The molecule has 0 amide bonds. The predicted molar refractivity (Wildman–Crippen MR) is 219 cm³/mol. The Morgan fingerprint density at radius 3 is 0.760 bits per heavy atom. The number of rotatable bonds is 9. The summed E-state index contributed by atoms with van der Waals surface area (Å²) >= 11 is 0. The van der Waals surface area contributed by atoms with E-state index in [1.807, 2.05) is 0 Å². The van der Waals surface area contributed by atoms with Crippen LogP contribution in [0.15, 0.2) is 231 Å². The van der Waals surface area contributed by atoms with Gasteiger partial charge in [-0.1, -0.05) is 231 Å². The molecule has 0 unspecified atom stereocenters. The molecular formula is C48H38Si2. The lowest BCUT2D eigenvalue weighted by Gasteiger charge is -2.35. The highest BCUT2D eigenvalue weighted by Gasteiger charge is 2.42. The zero-order chi connectivity index (χ0) is 33.6. The highest BCUT2D eigenvalue weighted by Crippen LogP contribution is 2.21. The van der Waals surface area contributed by atoms with E-state index in [4.69, 9.17) is 0 Å². The van der Waals surface area contributed by atoms with Crippen molar-refractivity contribution in [3.05, 3.63) is 231 Å². The minimum absolute atomic E-state index is 1.23. The standard InChI is InChI=1S/C48H38Si2/c1-7-21-41(22-8-1)49(42-23-9-2-10-24-42,43-25-11-3-12-26-43)47-36-34-39(35-37-47)40-20-19-33-48(38-40)50(44-27-13-4-14-28-44,45-29-15-5-16-30-45)46-31-17-6-18-32-46/h1-38H. The summed E-state index contributed by atoms with van der Waals surface area (Å²) in [7, 11) is -5.22. The van der Waals surface area contributed by atoms with E-state index in [1.54, 1.807) is 0 Å². The first-order valence-corrected chi connectivity index (χ1v) is 21.4. The van der Waals surface area contributed by atoms with Gasteiger partial charge in [-0.15, -0.1) is 0 Å². The van der Waals surface area contributed by atoms with Crippen molar-refractivity contribution in [3.8, 4) is 11.1 Å². The molecule has 0 bridgehead atoms. The Morgan fingerprint density at radius 1 is 0.180 bits per heavy atom. The van der Waals surface area contributed by atoms with Crippen LogP contribution >= 0.6 is 0 Å². The molecule has 238 valence electrons. The molecule has 8 aromatic carbocycles. The molecule has 0 aliphatic heterocycles. The van der Waals surface area contributed by atoms with Gasteiger partial charge in [0.05, 0.1) is 0 Å².